The molecule has 172 valence electrons. The van der Waals surface area contributed by atoms with E-state index >= 15 is 0 Å². The van der Waals surface area contributed by atoms with Crippen LogP contribution in [0.25, 0.3) is 10.9 Å². The molecule has 0 saturated carbocycles. The first-order valence-corrected chi connectivity index (χ1v) is 11.3. The van der Waals surface area contributed by atoms with Crippen LogP contribution in [0, 0.1) is 5.41 Å². The Labute approximate surface area is 191 Å². The Morgan fingerprint density at radius 2 is 1.91 bits per heavy atom. The molecule has 4 aliphatic heterocycles. The summed E-state index contributed by atoms with van der Waals surface area (Å²) in [5.41, 5.74) is 1.14. The molecule has 8 nitrogen and oxygen atoms in total. The third-order valence-corrected chi connectivity index (χ3v) is 7.30. The van der Waals surface area contributed by atoms with Crippen LogP contribution in [-0.4, -0.2) is 41.5 Å². The summed E-state index contributed by atoms with van der Waals surface area (Å²) in [6, 6.07) is 7.44. The maximum Gasteiger partial charge on any atom is 0.305 e. The Morgan fingerprint density at radius 1 is 1.16 bits per heavy atom. The molecule has 6 rings (SSSR count). The number of fused-ring (bicyclic) bond motifs is 2. The van der Waals surface area contributed by atoms with Gasteiger partial charge in [0.25, 0.3) is 0 Å². The minimum atomic E-state index is -0.958. The molecule has 4 atom stereocenters. The molecule has 4 saturated heterocycles. The molecule has 4 bridgehead atoms. The molecule has 0 aliphatic carbocycles. The lowest BCUT2D eigenvalue weighted by molar-refractivity contribution is -0.455. The lowest BCUT2D eigenvalue weighted by Crippen LogP contribution is -2.70. The van der Waals surface area contributed by atoms with Gasteiger partial charge in [0.15, 0.2) is 5.79 Å². The lowest BCUT2D eigenvalue weighted by Gasteiger charge is -2.60. The van der Waals surface area contributed by atoms with Crippen LogP contribution in [0.15, 0.2) is 30.5 Å². The number of esters is 1. The topological polar surface area (TPSA) is 88.1 Å². The molecular weight excluding hydrogens is 436 g/mol. The number of benzene rings is 1. The summed E-state index contributed by atoms with van der Waals surface area (Å²) in [7, 11) is 0. The first kappa shape index (κ1) is 21.9. The van der Waals surface area contributed by atoms with Gasteiger partial charge in [0.05, 0.1) is 10.9 Å². The van der Waals surface area contributed by atoms with Gasteiger partial charge in [-0.25, -0.2) is 0 Å². The van der Waals surface area contributed by atoms with Crippen LogP contribution in [0.3, 0.4) is 0 Å². The second-order valence-corrected chi connectivity index (χ2v) is 9.58. The number of hydrogen-bond acceptors (Lipinski definition) is 8. The van der Waals surface area contributed by atoms with E-state index in [0.717, 1.165) is 29.4 Å². The van der Waals surface area contributed by atoms with Crippen LogP contribution in [-0.2, 0) is 28.8 Å². The molecule has 9 heteroatoms. The van der Waals surface area contributed by atoms with E-state index in [1.54, 1.807) is 6.20 Å². The highest BCUT2D eigenvalue weighted by Gasteiger charge is 2.78. The molecule has 4 fully saturated rings. The van der Waals surface area contributed by atoms with E-state index in [1.165, 1.54) is 0 Å². The second-order valence-electron chi connectivity index (χ2n) is 9.15. The zero-order valence-electron chi connectivity index (χ0n) is 18.4. The van der Waals surface area contributed by atoms with Crippen LogP contribution in [0.5, 0.6) is 0 Å². The Hall–Kier alpha value is -1.97. The number of pyridine rings is 1. The van der Waals surface area contributed by atoms with Crippen molar-refractivity contribution < 1.29 is 28.8 Å². The third kappa shape index (κ3) is 3.36. The minimum Gasteiger partial charge on any atom is -0.464 e. The Morgan fingerprint density at radius 3 is 2.66 bits per heavy atom. The first-order chi connectivity index (χ1) is 15.2. The minimum absolute atomic E-state index is 0.220. The second kappa shape index (κ2) is 7.53. The number of rotatable bonds is 7. The number of nitrogens with zero attached hydrogens (tertiary/aromatic N) is 1. The quantitative estimate of drug-likeness (QED) is 0.364. The van der Waals surface area contributed by atoms with Gasteiger partial charge in [-0.2, -0.15) is 9.78 Å². The number of nitrogens with one attached hydrogen (secondary N) is 1. The predicted octanol–water partition coefficient (Wildman–Crippen LogP) is 4.56. The van der Waals surface area contributed by atoms with E-state index < -0.39 is 22.8 Å². The highest BCUT2D eigenvalue weighted by atomic mass is 35.5. The predicted molar refractivity (Wildman–Crippen MR) is 117 cm³/mol. The number of ether oxygens (including phenoxy) is 3. The molecule has 1 aromatic carbocycles. The average Bonchev–Trinajstić information content (AvgIpc) is 2.89. The van der Waals surface area contributed by atoms with Crippen molar-refractivity contribution in [3.8, 4) is 0 Å². The molecular formula is C23H27ClN2O6. The van der Waals surface area contributed by atoms with Gasteiger partial charge in [-0.15, -0.1) is 0 Å². The van der Waals surface area contributed by atoms with E-state index in [4.69, 9.17) is 35.6 Å². The van der Waals surface area contributed by atoms with E-state index in [2.05, 4.69) is 10.3 Å². The van der Waals surface area contributed by atoms with Crippen molar-refractivity contribution in [2.75, 3.05) is 18.5 Å². The Kier molecular flexibility index (Phi) is 5.14. The number of hydrogen-bond donors (Lipinski definition) is 1. The van der Waals surface area contributed by atoms with Gasteiger partial charge in [-0.3, -0.25) is 9.78 Å². The fourth-order valence-corrected chi connectivity index (χ4v) is 5.56. The molecule has 0 radical (unpaired) electrons. The fraction of sp³-hybridized carbons (Fsp3) is 0.565. The van der Waals surface area contributed by atoms with Crippen molar-refractivity contribution in [3.63, 3.8) is 0 Å². The normalized spacial score (nSPS) is 35.2. The van der Waals surface area contributed by atoms with E-state index in [9.17, 15) is 4.79 Å². The number of aromatic nitrogens is 1. The van der Waals surface area contributed by atoms with Gasteiger partial charge in [0.2, 0.25) is 11.6 Å². The van der Waals surface area contributed by atoms with Crippen molar-refractivity contribution in [3.05, 3.63) is 35.5 Å². The maximum atomic E-state index is 12.5. The van der Waals surface area contributed by atoms with Crippen molar-refractivity contribution in [2.45, 2.75) is 63.8 Å². The van der Waals surface area contributed by atoms with Crippen LogP contribution in [0.4, 0.5) is 5.69 Å². The van der Waals surface area contributed by atoms with Gasteiger partial charge in [-0.1, -0.05) is 11.6 Å². The monoisotopic (exact) mass is 462 g/mol. The zero-order chi connectivity index (χ0) is 22.6. The summed E-state index contributed by atoms with van der Waals surface area (Å²) in [5.74, 6) is -2.94. The van der Waals surface area contributed by atoms with Crippen LogP contribution >= 0.6 is 11.6 Å². The number of anilines is 1. The number of halogens is 1. The first-order valence-electron chi connectivity index (χ1n) is 10.9. The Bertz CT molecular complexity index is 1040. The van der Waals surface area contributed by atoms with Gasteiger partial charge >= 0.3 is 5.97 Å². The smallest absolute Gasteiger partial charge is 0.305 e. The Balaban J connectivity index is 1.15. The van der Waals surface area contributed by atoms with E-state index in [0.29, 0.717) is 18.0 Å². The van der Waals surface area contributed by atoms with Crippen LogP contribution in [0.1, 0.15) is 46.5 Å². The van der Waals surface area contributed by atoms with Crippen molar-refractivity contribution in [2.24, 2.45) is 5.41 Å². The standard InChI is InChI=1S/C23H27ClN2O6/c1-20-9-10-23(21(2,29-20)31-32-22(23,3)30-20)8-6-19(27)28-13-12-26-17-7-11-25-18-14-15(24)4-5-16(17)18/h4-5,7,11,14H,6,8-10,12-13H2,1-3H3,(H,25,26)/t20?,21-,22+,23?. The largest absolute Gasteiger partial charge is 0.464 e. The van der Waals surface area contributed by atoms with Crippen LogP contribution in [0.2, 0.25) is 5.02 Å². The molecule has 4 aliphatic rings. The zero-order valence-corrected chi connectivity index (χ0v) is 19.2. The molecule has 0 spiro atoms. The highest BCUT2D eigenvalue weighted by molar-refractivity contribution is 6.31. The van der Waals surface area contributed by atoms with Crippen LogP contribution < -0.4 is 5.32 Å². The van der Waals surface area contributed by atoms with E-state index in [-0.39, 0.29) is 19.0 Å². The molecule has 5 heterocycles. The molecule has 2 unspecified atom stereocenters. The van der Waals surface area contributed by atoms with Crippen molar-refractivity contribution >= 4 is 34.2 Å². The molecule has 1 aromatic heterocycles. The summed E-state index contributed by atoms with van der Waals surface area (Å²) in [6.07, 6.45) is 3.92. The summed E-state index contributed by atoms with van der Waals surface area (Å²) < 4.78 is 17.7. The lowest BCUT2D eigenvalue weighted by atomic mass is 9.63. The summed E-state index contributed by atoms with van der Waals surface area (Å²) in [6.45, 7) is 6.34. The fourth-order valence-electron chi connectivity index (χ4n) is 5.39. The number of carbonyl (C=O) groups is 1. The summed E-state index contributed by atoms with van der Waals surface area (Å²) in [4.78, 5) is 28.0. The van der Waals surface area contributed by atoms with Gasteiger partial charge in [0, 0.05) is 41.7 Å². The van der Waals surface area contributed by atoms with Crippen molar-refractivity contribution in [1.82, 2.24) is 4.98 Å². The molecule has 1 N–H and O–H groups in total. The highest BCUT2D eigenvalue weighted by Crippen LogP contribution is 2.68. The summed E-state index contributed by atoms with van der Waals surface area (Å²) in [5, 5.41) is 4.89. The average molecular weight is 463 g/mol. The molecule has 0 amide bonds. The van der Waals surface area contributed by atoms with Gasteiger partial charge in [0.1, 0.15) is 6.61 Å². The number of carbonyl (C=O) groups excluding carboxylic acids is 1. The summed E-state index contributed by atoms with van der Waals surface area (Å²) >= 11 is 6.04. The molecule has 32 heavy (non-hydrogen) atoms. The van der Waals surface area contributed by atoms with Crippen molar-refractivity contribution in [1.29, 1.82) is 0 Å². The van der Waals surface area contributed by atoms with E-state index in [1.807, 2.05) is 45.0 Å². The van der Waals surface area contributed by atoms with Gasteiger partial charge < -0.3 is 19.5 Å². The third-order valence-electron chi connectivity index (χ3n) is 7.07. The molecule has 2 aromatic rings. The van der Waals surface area contributed by atoms with Gasteiger partial charge in [-0.05, 0) is 57.9 Å². The SMILES string of the molecule is CC12CCC3(CCC(=O)OCCNc4ccnc5cc(Cl)ccc45)[C@@](C)(OO[C@]3(C)O1)O2. The maximum absolute atomic E-state index is 12.5.